The van der Waals surface area contributed by atoms with Crippen molar-refractivity contribution in [3.8, 4) is 0 Å². The highest BCUT2D eigenvalue weighted by Crippen LogP contribution is 2.17. The number of carbonyl (C=O) groups is 3. The van der Waals surface area contributed by atoms with Crippen LogP contribution < -0.4 is 0 Å². The second-order valence-corrected chi connectivity index (χ2v) is 23.1. The summed E-state index contributed by atoms with van der Waals surface area (Å²) in [6.07, 6.45) is 85.1. The average molecular weight is 1090 g/mol. The molecular weight excluding hydrogens is 961 g/mol. The first-order valence-corrected chi connectivity index (χ1v) is 34.3. The van der Waals surface area contributed by atoms with Gasteiger partial charge in [0.25, 0.3) is 0 Å². The van der Waals surface area contributed by atoms with E-state index in [0.717, 1.165) is 77.0 Å². The summed E-state index contributed by atoms with van der Waals surface area (Å²) < 4.78 is 17.0. The SMILES string of the molecule is CCCCC/C=C\C/C=C\CCCCCCCCCCCC(=O)OC(COC(=O)CCCCCCCCCCCC/C=C\C/C=C\C/C=C\CCCCCCC)COC(=O)CCCCCCCCCCCCCCCCCC. The lowest BCUT2D eigenvalue weighted by molar-refractivity contribution is -0.167. The van der Waals surface area contributed by atoms with Gasteiger partial charge < -0.3 is 14.2 Å². The van der Waals surface area contributed by atoms with Gasteiger partial charge >= 0.3 is 17.9 Å². The first-order chi connectivity index (χ1) is 38.5. The van der Waals surface area contributed by atoms with E-state index in [1.807, 2.05) is 0 Å². The molecule has 0 heterocycles. The first-order valence-electron chi connectivity index (χ1n) is 34.3. The van der Waals surface area contributed by atoms with Crippen LogP contribution in [0.4, 0.5) is 0 Å². The Bertz CT molecular complexity index is 1390. The fourth-order valence-corrected chi connectivity index (χ4v) is 10.1. The van der Waals surface area contributed by atoms with Crippen molar-refractivity contribution in [2.24, 2.45) is 0 Å². The van der Waals surface area contributed by atoms with Crippen molar-refractivity contribution in [3.05, 3.63) is 60.8 Å². The molecule has 78 heavy (non-hydrogen) atoms. The summed E-state index contributed by atoms with van der Waals surface area (Å²) in [4.78, 5) is 38.4. The van der Waals surface area contributed by atoms with Crippen molar-refractivity contribution >= 4 is 17.9 Å². The lowest BCUT2D eigenvalue weighted by atomic mass is 10.0. The molecule has 0 radical (unpaired) electrons. The molecule has 0 saturated heterocycles. The topological polar surface area (TPSA) is 78.9 Å². The Balaban J connectivity index is 4.32. The zero-order valence-corrected chi connectivity index (χ0v) is 52.2. The average Bonchev–Trinajstić information content (AvgIpc) is 3.44. The largest absolute Gasteiger partial charge is 0.462 e. The smallest absolute Gasteiger partial charge is 0.306 e. The Morgan fingerprint density at radius 2 is 0.462 bits per heavy atom. The lowest BCUT2D eigenvalue weighted by Crippen LogP contribution is -2.30. The van der Waals surface area contributed by atoms with Crippen LogP contribution in [0.3, 0.4) is 0 Å². The maximum absolute atomic E-state index is 12.9. The Morgan fingerprint density at radius 1 is 0.256 bits per heavy atom. The van der Waals surface area contributed by atoms with Gasteiger partial charge in [-0.3, -0.25) is 14.4 Å². The number of hydrogen-bond acceptors (Lipinski definition) is 6. The third kappa shape index (κ3) is 63.9. The maximum Gasteiger partial charge on any atom is 0.306 e. The fraction of sp³-hybridized carbons (Fsp3) is 0.819. The van der Waals surface area contributed by atoms with Crippen LogP contribution in [0.5, 0.6) is 0 Å². The number of hydrogen-bond donors (Lipinski definition) is 0. The monoisotopic (exact) mass is 1090 g/mol. The predicted octanol–water partition coefficient (Wildman–Crippen LogP) is 23.5. The van der Waals surface area contributed by atoms with Crippen LogP contribution in [0, 0.1) is 0 Å². The number of rotatable bonds is 63. The third-order valence-electron chi connectivity index (χ3n) is 15.2. The minimum absolute atomic E-state index is 0.0732. The highest BCUT2D eigenvalue weighted by atomic mass is 16.6. The molecule has 0 aliphatic heterocycles. The Kier molecular flexibility index (Phi) is 64.2. The van der Waals surface area contributed by atoms with Gasteiger partial charge in [0.1, 0.15) is 13.2 Å². The number of carbonyl (C=O) groups excluding carboxylic acids is 3. The van der Waals surface area contributed by atoms with Crippen molar-refractivity contribution in [3.63, 3.8) is 0 Å². The zero-order valence-electron chi connectivity index (χ0n) is 52.2. The van der Waals surface area contributed by atoms with Gasteiger partial charge in [-0.25, -0.2) is 0 Å². The lowest BCUT2D eigenvalue weighted by Gasteiger charge is -2.18. The molecule has 0 saturated carbocycles. The van der Waals surface area contributed by atoms with E-state index in [2.05, 4.69) is 81.5 Å². The molecule has 0 amide bonds. The summed E-state index contributed by atoms with van der Waals surface area (Å²) >= 11 is 0. The van der Waals surface area contributed by atoms with Gasteiger partial charge in [0.15, 0.2) is 6.10 Å². The van der Waals surface area contributed by atoms with Gasteiger partial charge in [-0.1, -0.05) is 313 Å². The molecule has 0 fully saturated rings. The summed E-state index contributed by atoms with van der Waals surface area (Å²) in [6, 6.07) is 0. The van der Waals surface area contributed by atoms with Crippen molar-refractivity contribution in [1.29, 1.82) is 0 Å². The summed E-state index contributed by atoms with van der Waals surface area (Å²) in [7, 11) is 0. The molecule has 0 N–H and O–H groups in total. The molecule has 1 unspecified atom stereocenters. The van der Waals surface area contributed by atoms with E-state index in [1.165, 1.54) is 244 Å². The highest BCUT2D eigenvalue weighted by Gasteiger charge is 2.19. The van der Waals surface area contributed by atoms with Gasteiger partial charge in [-0.2, -0.15) is 0 Å². The summed E-state index contributed by atoms with van der Waals surface area (Å²) in [6.45, 7) is 6.66. The van der Waals surface area contributed by atoms with Crippen LogP contribution in [0.25, 0.3) is 0 Å². The van der Waals surface area contributed by atoms with E-state index in [1.54, 1.807) is 0 Å². The second-order valence-electron chi connectivity index (χ2n) is 23.1. The van der Waals surface area contributed by atoms with Gasteiger partial charge in [0.2, 0.25) is 0 Å². The second kappa shape index (κ2) is 66.6. The van der Waals surface area contributed by atoms with Crippen LogP contribution >= 0.6 is 0 Å². The Hall–Kier alpha value is -2.89. The number of ether oxygens (including phenoxy) is 3. The first kappa shape index (κ1) is 75.1. The third-order valence-corrected chi connectivity index (χ3v) is 15.2. The minimum Gasteiger partial charge on any atom is -0.462 e. The molecule has 0 spiro atoms. The summed E-state index contributed by atoms with van der Waals surface area (Å²) in [5.41, 5.74) is 0. The highest BCUT2D eigenvalue weighted by molar-refractivity contribution is 5.71. The minimum atomic E-state index is -0.778. The molecular formula is C72H130O6. The predicted molar refractivity (Wildman–Crippen MR) is 339 cm³/mol. The van der Waals surface area contributed by atoms with Crippen molar-refractivity contribution in [1.82, 2.24) is 0 Å². The van der Waals surface area contributed by atoms with Crippen molar-refractivity contribution in [2.75, 3.05) is 13.2 Å². The standard InChI is InChI=1S/C72H130O6/c1-4-7-10-13-16-19-22-25-28-31-33-34-35-36-37-38-40-41-44-47-50-53-56-59-62-65-71(74)77-68-69(67-76-70(73)64-61-58-55-52-49-46-43-30-27-24-21-18-15-12-9-6-3)78-72(75)66-63-60-57-54-51-48-45-42-39-32-29-26-23-20-17-14-11-8-5-2/h17,20,22,25-26,29,31,33,35-36,69H,4-16,18-19,21,23-24,27-28,30,32,34,37-68H2,1-3H3/b20-17-,25-22-,29-26-,33-31-,36-35-. The van der Waals surface area contributed by atoms with Gasteiger partial charge in [0.05, 0.1) is 0 Å². The molecule has 6 heteroatoms. The van der Waals surface area contributed by atoms with E-state index in [9.17, 15) is 14.4 Å². The molecule has 0 aliphatic carbocycles. The number of esters is 3. The summed E-state index contributed by atoms with van der Waals surface area (Å²) in [5.74, 6) is -0.859. The Labute approximate surface area is 485 Å². The van der Waals surface area contributed by atoms with E-state index < -0.39 is 6.10 Å². The number of unbranched alkanes of at least 4 members (excludes halogenated alkanes) is 42. The fourth-order valence-electron chi connectivity index (χ4n) is 10.1. The van der Waals surface area contributed by atoms with Crippen molar-refractivity contribution < 1.29 is 28.6 Å². The Morgan fingerprint density at radius 3 is 0.744 bits per heavy atom. The van der Waals surface area contributed by atoms with E-state index in [4.69, 9.17) is 14.2 Å². The van der Waals surface area contributed by atoms with E-state index in [-0.39, 0.29) is 31.1 Å². The molecule has 1 atom stereocenters. The van der Waals surface area contributed by atoms with E-state index in [0.29, 0.717) is 19.3 Å². The molecule has 0 aromatic heterocycles. The quantitative estimate of drug-likeness (QED) is 0.0261. The maximum atomic E-state index is 12.9. The van der Waals surface area contributed by atoms with Crippen LogP contribution in [0.2, 0.25) is 0 Å². The molecule has 0 bridgehead atoms. The molecule has 0 aromatic carbocycles. The van der Waals surface area contributed by atoms with Crippen molar-refractivity contribution in [2.45, 2.75) is 367 Å². The van der Waals surface area contributed by atoms with Crippen LogP contribution in [0.15, 0.2) is 60.8 Å². The van der Waals surface area contributed by atoms with Crippen LogP contribution in [-0.2, 0) is 28.6 Å². The molecule has 0 rings (SSSR count). The number of allylic oxidation sites excluding steroid dienone is 10. The molecule has 454 valence electrons. The summed E-state index contributed by atoms with van der Waals surface area (Å²) in [5, 5.41) is 0. The molecule has 0 aromatic rings. The van der Waals surface area contributed by atoms with Gasteiger partial charge in [-0.15, -0.1) is 0 Å². The molecule has 6 nitrogen and oxygen atoms in total. The van der Waals surface area contributed by atoms with Gasteiger partial charge in [-0.05, 0) is 89.9 Å². The zero-order chi connectivity index (χ0) is 56.4. The van der Waals surface area contributed by atoms with Crippen LogP contribution in [0.1, 0.15) is 361 Å². The normalized spacial score (nSPS) is 12.4. The van der Waals surface area contributed by atoms with Crippen LogP contribution in [-0.4, -0.2) is 37.2 Å². The molecule has 0 aliphatic rings. The van der Waals surface area contributed by atoms with E-state index >= 15 is 0 Å². The van der Waals surface area contributed by atoms with Gasteiger partial charge in [0, 0.05) is 19.3 Å².